The minimum absolute atomic E-state index is 1.28. The standard InChI is InChI=1S/C19H26Si2/c1-20(2,3)18-13-9-7-11-16(18)15-17-12-8-10-14-19(17)21(4,5)6/h7-14H,1-6H3. The fraction of sp³-hybridized carbons (Fsp3) is 0.316. The second-order valence-electron chi connectivity index (χ2n) is 7.72. The van der Waals surface area contributed by atoms with Crippen LogP contribution in [-0.2, 0) is 0 Å². The number of rotatable bonds is 4. The Balaban J connectivity index is 2.45. The molecule has 0 N–H and O–H groups in total. The Bertz CT molecular complexity index is 560. The smallest absolute Gasteiger partial charge is 0.0656 e. The molecule has 0 saturated heterocycles. The van der Waals surface area contributed by atoms with E-state index in [0.717, 1.165) is 0 Å². The van der Waals surface area contributed by atoms with Gasteiger partial charge in [0.1, 0.15) is 0 Å². The molecule has 2 aromatic carbocycles. The first-order valence-electron chi connectivity index (χ1n) is 7.65. The predicted molar refractivity (Wildman–Crippen MR) is 100 cm³/mol. The lowest BCUT2D eigenvalue weighted by Gasteiger charge is -2.24. The highest BCUT2D eigenvalue weighted by Crippen LogP contribution is 2.16. The fourth-order valence-electron chi connectivity index (χ4n) is 2.64. The van der Waals surface area contributed by atoms with Gasteiger partial charge in [-0.1, -0.05) is 98.2 Å². The molecule has 2 aromatic rings. The third-order valence-corrected chi connectivity index (χ3v) is 7.84. The number of hydrogen-bond donors (Lipinski definition) is 0. The second-order valence-corrected chi connectivity index (χ2v) is 17.8. The first-order valence-corrected chi connectivity index (χ1v) is 14.7. The quantitative estimate of drug-likeness (QED) is 0.740. The number of hydrogen-bond acceptors (Lipinski definition) is 0. The molecule has 0 aliphatic rings. The van der Waals surface area contributed by atoms with Gasteiger partial charge in [0.25, 0.3) is 0 Å². The summed E-state index contributed by atoms with van der Waals surface area (Å²) in [6, 6.07) is 17.6. The van der Waals surface area contributed by atoms with Crippen molar-refractivity contribution < 1.29 is 0 Å². The van der Waals surface area contributed by atoms with E-state index >= 15 is 0 Å². The van der Waals surface area contributed by atoms with Crippen LogP contribution < -0.4 is 10.4 Å². The zero-order valence-corrected chi connectivity index (χ0v) is 16.1. The van der Waals surface area contributed by atoms with Crippen molar-refractivity contribution in [3.63, 3.8) is 0 Å². The highest BCUT2D eigenvalue weighted by atomic mass is 28.3. The van der Waals surface area contributed by atoms with Crippen molar-refractivity contribution in [2.45, 2.75) is 39.3 Å². The Hall–Kier alpha value is -1.13. The SMILES string of the molecule is C[Si](C)(C)c1ccccc1[C]c1ccccc1[Si](C)(C)C. The third kappa shape index (κ3) is 3.95. The van der Waals surface area contributed by atoms with Crippen LogP contribution in [0.2, 0.25) is 39.3 Å². The monoisotopic (exact) mass is 310 g/mol. The van der Waals surface area contributed by atoms with Crippen molar-refractivity contribution >= 4 is 26.5 Å². The zero-order valence-electron chi connectivity index (χ0n) is 14.1. The van der Waals surface area contributed by atoms with Gasteiger partial charge in [-0.15, -0.1) is 0 Å². The second kappa shape index (κ2) is 5.94. The molecule has 0 spiro atoms. The average Bonchev–Trinajstić information content (AvgIpc) is 2.37. The van der Waals surface area contributed by atoms with Gasteiger partial charge >= 0.3 is 0 Å². The van der Waals surface area contributed by atoms with Gasteiger partial charge in [-0.3, -0.25) is 0 Å². The predicted octanol–water partition coefficient (Wildman–Crippen LogP) is 4.25. The molecule has 0 heterocycles. The van der Waals surface area contributed by atoms with Crippen LogP contribution in [0.3, 0.4) is 0 Å². The first-order chi connectivity index (χ1) is 9.69. The van der Waals surface area contributed by atoms with E-state index in [4.69, 9.17) is 0 Å². The summed E-state index contributed by atoms with van der Waals surface area (Å²) < 4.78 is 0. The van der Waals surface area contributed by atoms with Gasteiger partial charge < -0.3 is 0 Å². The molecular formula is C19H26Si2. The summed E-state index contributed by atoms with van der Waals surface area (Å²) >= 11 is 0. The summed E-state index contributed by atoms with van der Waals surface area (Å²) in [4.78, 5) is 0. The molecule has 0 saturated carbocycles. The molecule has 0 aliphatic heterocycles. The highest BCUT2D eigenvalue weighted by molar-refractivity contribution is 6.89. The normalized spacial score (nSPS) is 12.5. The molecular weight excluding hydrogens is 284 g/mol. The molecule has 2 rings (SSSR count). The molecule has 110 valence electrons. The van der Waals surface area contributed by atoms with Gasteiger partial charge in [-0.05, 0) is 11.1 Å². The van der Waals surface area contributed by atoms with E-state index in [1.54, 1.807) is 0 Å². The van der Waals surface area contributed by atoms with E-state index in [-0.39, 0.29) is 0 Å². The lowest BCUT2D eigenvalue weighted by atomic mass is 10.0. The van der Waals surface area contributed by atoms with Crippen LogP contribution in [0.5, 0.6) is 0 Å². The molecule has 0 nitrogen and oxygen atoms in total. The molecule has 2 radical (unpaired) electrons. The average molecular weight is 311 g/mol. The van der Waals surface area contributed by atoms with Crippen LogP contribution in [0.25, 0.3) is 0 Å². The van der Waals surface area contributed by atoms with E-state index in [9.17, 15) is 0 Å². The summed E-state index contributed by atoms with van der Waals surface area (Å²) in [7, 11) is -2.69. The lowest BCUT2D eigenvalue weighted by molar-refractivity contribution is 1.45. The van der Waals surface area contributed by atoms with E-state index in [2.05, 4.69) is 94.2 Å². The van der Waals surface area contributed by atoms with Crippen molar-refractivity contribution in [2.24, 2.45) is 0 Å². The Morgan fingerprint density at radius 2 is 0.905 bits per heavy atom. The van der Waals surface area contributed by atoms with Crippen molar-refractivity contribution in [2.75, 3.05) is 0 Å². The van der Waals surface area contributed by atoms with Crippen molar-refractivity contribution in [3.05, 3.63) is 66.1 Å². The first kappa shape index (κ1) is 16.2. The molecule has 0 atom stereocenters. The van der Waals surface area contributed by atoms with Crippen LogP contribution in [0.4, 0.5) is 0 Å². The fourth-order valence-corrected chi connectivity index (χ4v) is 5.74. The highest BCUT2D eigenvalue weighted by Gasteiger charge is 2.23. The van der Waals surface area contributed by atoms with Crippen molar-refractivity contribution in [1.82, 2.24) is 0 Å². The largest absolute Gasteiger partial charge is 0.0780 e. The zero-order chi connectivity index (χ0) is 15.7. The van der Waals surface area contributed by atoms with Crippen molar-refractivity contribution in [1.29, 1.82) is 0 Å². The Kier molecular flexibility index (Phi) is 4.59. The van der Waals surface area contributed by atoms with E-state index in [1.807, 2.05) is 0 Å². The topological polar surface area (TPSA) is 0 Å². The van der Waals surface area contributed by atoms with Crippen LogP contribution in [0, 0.1) is 6.42 Å². The Labute approximate surface area is 132 Å². The lowest BCUT2D eigenvalue weighted by Crippen LogP contribution is -2.42. The summed E-state index contributed by atoms with van der Waals surface area (Å²) in [5.74, 6) is 0. The van der Waals surface area contributed by atoms with Gasteiger partial charge in [0.05, 0.1) is 16.1 Å². The molecule has 0 bridgehead atoms. The number of benzene rings is 2. The molecule has 0 amide bonds. The van der Waals surface area contributed by atoms with E-state index in [1.165, 1.54) is 21.5 Å². The van der Waals surface area contributed by atoms with Crippen LogP contribution >= 0.6 is 0 Å². The third-order valence-electron chi connectivity index (χ3n) is 3.74. The van der Waals surface area contributed by atoms with Crippen LogP contribution in [-0.4, -0.2) is 16.1 Å². The minimum atomic E-state index is -1.35. The summed E-state index contributed by atoms with van der Waals surface area (Å²) in [6.45, 7) is 14.4. The molecule has 21 heavy (non-hydrogen) atoms. The van der Waals surface area contributed by atoms with Gasteiger partial charge in [-0.2, -0.15) is 0 Å². The maximum absolute atomic E-state index is 3.72. The molecule has 0 aromatic heterocycles. The Morgan fingerprint density at radius 1 is 0.571 bits per heavy atom. The molecule has 0 aliphatic carbocycles. The maximum atomic E-state index is 3.72. The van der Waals surface area contributed by atoms with Gasteiger partial charge in [-0.25, -0.2) is 0 Å². The summed E-state index contributed by atoms with van der Waals surface area (Å²) in [6.07, 6.45) is 3.72. The van der Waals surface area contributed by atoms with E-state index in [0.29, 0.717) is 0 Å². The van der Waals surface area contributed by atoms with Crippen molar-refractivity contribution in [3.8, 4) is 0 Å². The Morgan fingerprint density at radius 3 is 1.24 bits per heavy atom. The maximum Gasteiger partial charge on any atom is 0.0780 e. The molecule has 2 heteroatoms. The van der Waals surface area contributed by atoms with Crippen LogP contribution in [0.15, 0.2) is 48.5 Å². The van der Waals surface area contributed by atoms with E-state index < -0.39 is 16.1 Å². The summed E-state index contributed by atoms with van der Waals surface area (Å²) in [5.41, 5.74) is 2.56. The van der Waals surface area contributed by atoms with Gasteiger partial charge in [0, 0.05) is 6.42 Å². The van der Waals surface area contributed by atoms with Gasteiger partial charge in [0.2, 0.25) is 0 Å². The van der Waals surface area contributed by atoms with Crippen LogP contribution in [0.1, 0.15) is 11.1 Å². The molecule has 0 unspecified atom stereocenters. The summed E-state index contributed by atoms with van der Waals surface area (Å²) in [5, 5.41) is 2.99. The molecule has 0 fully saturated rings. The minimum Gasteiger partial charge on any atom is -0.0656 e. The van der Waals surface area contributed by atoms with Gasteiger partial charge in [0.15, 0.2) is 0 Å².